The van der Waals surface area contributed by atoms with E-state index in [0.717, 1.165) is 19.4 Å². The zero-order valence-corrected chi connectivity index (χ0v) is 17.7. The second-order valence-corrected chi connectivity index (χ2v) is 7.79. The normalized spacial score (nSPS) is 15.8. The Morgan fingerprint density at radius 1 is 1.03 bits per heavy atom. The number of carbonyl (C=O) groups is 2. The van der Waals surface area contributed by atoms with Crippen molar-refractivity contribution in [3.8, 4) is 0 Å². The first kappa shape index (κ1) is 21.7. The number of rotatable bonds is 7. The molecular formula is C20H20Cl3N3O3. The lowest BCUT2D eigenvalue weighted by Crippen LogP contribution is -2.31. The van der Waals surface area contributed by atoms with Gasteiger partial charge in [0.1, 0.15) is 0 Å². The minimum Gasteiger partial charge on any atom is -0.376 e. The topological polar surface area (TPSA) is 79.5 Å². The summed E-state index contributed by atoms with van der Waals surface area (Å²) in [4.78, 5) is 24.3. The molecule has 1 aliphatic rings. The molecule has 2 aromatic rings. The highest BCUT2D eigenvalue weighted by atomic mass is 35.5. The second kappa shape index (κ2) is 10.2. The first-order valence-corrected chi connectivity index (χ1v) is 10.2. The third-order valence-electron chi connectivity index (χ3n) is 4.40. The van der Waals surface area contributed by atoms with Gasteiger partial charge in [-0.3, -0.25) is 9.59 Å². The zero-order valence-electron chi connectivity index (χ0n) is 15.4. The monoisotopic (exact) mass is 455 g/mol. The van der Waals surface area contributed by atoms with Gasteiger partial charge in [-0.25, -0.2) is 0 Å². The molecule has 0 bridgehead atoms. The molecule has 154 valence electrons. The van der Waals surface area contributed by atoms with E-state index in [1.54, 1.807) is 24.3 Å². The maximum absolute atomic E-state index is 12.2. The van der Waals surface area contributed by atoms with E-state index in [1.807, 2.05) is 0 Å². The van der Waals surface area contributed by atoms with E-state index >= 15 is 0 Å². The molecule has 29 heavy (non-hydrogen) atoms. The lowest BCUT2D eigenvalue weighted by molar-refractivity contribution is -0.114. The molecule has 1 heterocycles. The van der Waals surface area contributed by atoms with Gasteiger partial charge >= 0.3 is 0 Å². The predicted molar refractivity (Wildman–Crippen MR) is 116 cm³/mol. The summed E-state index contributed by atoms with van der Waals surface area (Å²) in [6, 6.07) is 9.83. The molecule has 1 fully saturated rings. The smallest absolute Gasteiger partial charge is 0.251 e. The highest BCUT2D eigenvalue weighted by molar-refractivity contribution is 6.44. The van der Waals surface area contributed by atoms with Crippen LogP contribution < -0.4 is 16.0 Å². The van der Waals surface area contributed by atoms with Gasteiger partial charge in [0.2, 0.25) is 5.91 Å². The predicted octanol–water partition coefficient (Wildman–Crippen LogP) is 4.61. The maximum atomic E-state index is 12.2. The molecule has 1 aliphatic heterocycles. The van der Waals surface area contributed by atoms with E-state index in [4.69, 9.17) is 39.5 Å². The van der Waals surface area contributed by atoms with Crippen LogP contribution in [0.1, 0.15) is 23.2 Å². The standard InChI is InChI=1S/C20H20Cl3N3O3/c21-15-8-17(23)18(9-16(15)22)26-19(27)11-24-13-5-3-12(4-6-13)20(28)25-10-14-2-1-7-29-14/h3-6,8-9,14,24H,1-2,7,10-11H2,(H,25,28)(H,26,27). The third kappa shape index (κ3) is 6.24. The Morgan fingerprint density at radius 3 is 2.45 bits per heavy atom. The van der Waals surface area contributed by atoms with Crippen LogP contribution in [0.25, 0.3) is 0 Å². The third-order valence-corrected chi connectivity index (χ3v) is 5.43. The number of hydrogen-bond donors (Lipinski definition) is 3. The van der Waals surface area contributed by atoms with Crippen molar-refractivity contribution in [2.75, 3.05) is 30.3 Å². The van der Waals surface area contributed by atoms with Crippen molar-refractivity contribution < 1.29 is 14.3 Å². The molecule has 9 heteroatoms. The van der Waals surface area contributed by atoms with Gasteiger partial charge in [-0.15, -0.1) is 0 Å². The molecule has 0 saturated carbocycles. The van der Waals surface area contributed by atoms with Crippen LogP contribution in [0.3, 0.4) is 0 Å². The van der Waals surface area contributed by atoms with Crippen LogP contribution in [0.15, 0.2) is 36.4 Å². The summed E-state index contributed by atoms with van der Waals surface area (Å²) in [5.74, 6) is -0.456. The summed E-state index contributed by atoms with van der Waals surface area (Å²) in [5, 5.41) is 9.44. The molecule has 2 aromatic carbocycles. The number of carbonyl (C=O) groups excluding carboxylic acids is 2. The average Bonchev–Trinajstić information content (AvgIpc) is 3.23. The molecule has 0 radical (unpaired) electrons. The summed E-state index contributed by atoms with van der Waals surface area (Å²) in [7, 11) is 0. The Kier molecular flexibility index (Phi) is 7.61. The van der Waals surface area contributed by atoms with E-state index < -0.39 is 0 Å². The number of hydrogen-bond acceptors (Lipinski definition) is 4. The van der Waals surface area contributed by atoms with Gasteiger partial charge in [-0.2, -0.15) is 0 Å². The molecule has 2 amide bonds. The van der Waals surface area contributed by atoms with Crippen LogP contribution >= 0.6 is 34.8 Å². The molecule has 3 N–H and O–H groups in total. The number of nitrogens with one attached hydrogen (secondary N) is 3. The van der Waals surface area contributed by atoms with Crippen LogP contribution in [0.2, 0.25) is 15.1 Å². The van der Waals surface area contributed by atoms with Crippen LogP contribution in [0.5, 0.6) is 0 Å². The van der Waals surface area contributed by atoms with Crippen molar-refractivity contribution in [3.05, 3.63) is 57.0 Å². The molecule has 6 nitrogen and oxygen atoms in total. The fourth-order valence-corrected chi connectivity index (χ4v) is 3.44. The molecule has 3 rings (SSSR count). The van der Waals surface area contributed by atoms with Gasteiger partial charge in [0.15, 0.2) is 0 Å². The first-order valence-electron chi connectivity index (χ1n) is 9.10. The summed E-state index contributed by atoms with van der Waals surface area (Å²) in [6.07, 6.45) is 2.10. The SMILES string of the molecule is O=C(CNc1ccc(C(=O)NCC2CCCO2)cc1)Nc1cc(Cl)c(Cl)cc1Cl. The summed E-state index contributed by atoms with van der Waals surface area (Å²) >= 11 is 17.9. The maximum Gasteiger partial charge on any atom is 0.251 e. The van der Waals surface area contributed by atoms with Gasteiger partial charge < -0.3 is 20.7 Å². The summed E-state index contributed by atoms with van der Waals surface area (Å²) in [6.45, 7) is 1.28. The van der Waals surface area contributed by atoms with Crippen molar-refractivity contribution in [2.45, 2.75) is 18.9 Å². The average molecular weight is 457 g/mol. The van der Waals surface area contributed by atoms with Gasteiger partial charge in [0.05, 0.1) is 33.4 Å². The van der Waals surface area contributed by atoms with Gasteiger partial charge in [-0.05, 0) is 49.2 Å². The number of anilines is 2. The lowest BCUT2D eigenvalue weighted by atomic mass is 10.2. The molecule has 1 atom stereocenters. The van der Waals surface area contributed by atoms with Crippen molar-refractivity contribution >= 4 is 58.0 Å². The molecule has 1 unspecified atom stereocenters. The Hall–Kier alpha value is -1.99. The summed E-state index contributed by atoms with van der Waals surface area (Å²) < 4.78 is 5.49. The van der Waals surface area contributed by atoms with Crippen molar-refractivity contribution in [1.29, 1.82) is 0 Å². The van der Waals surface area contributed by atoms with Crippen LogP contribution in [-0.2, 0) is 9.53 Å². The Bertz CT molecular complexity index is 885. The number of halogens is 3. The Labute approximate surface area is 183 Å². The molecule has 0 spiro atoms. The number of ether oxygens (including phenoxy) is 1. The van der Waals surface area contributed by atoms with E-state index in [1.165, 1.54) is 12.1 Å². The lowest BCUT2D eigenvalue weighted by Gasteiger charge is -2.12. The minimum absolute atomic E-state index is 0.0150. The van der Waals surface area contributed by atoms with Crippen molar-refractivity contribution in [3.63, 3.8) is 0 Å². The minimum atomic E-state index is -0.302. The van der Waals surface area contributed by atoms with Gasteiger partial charge in [-0.1, -0.05) is 34.8 Å². The zero-order chi connectivity index (χ0) is 20.8. The Balaban J connectivity index is 1.47. The Morgan fingerprint density at radius 2 is 1.76 bits per heavy atom. The summed E-state index contributed by atoms with van der Waals surface area (Å²) in [5.41, 5.74) is 1.63. The van der Waals surface area contributed by atoms with Crippen LogP contribution in [0, 0.1) is 0 Å². The van der Waals surface area contributed by atoms with Gasteiger partial charge in [0.25, 0.3) is 5.91 Å². The molecule has 0 aliphatic carbocycles. The number of benzene rings is 2. The number of amides is 2. The second-order valence-electron chi connectivity index (χ2n) is 6.57. The largest absolute Gasteiger partial charge is 0.376 e. The van der Waals surface area contributed by atoms with Crippen molar-refractivity contribution in [1.82, 2.24) is 5.32 Å². The van der Waals surface area contributed by atoms with Crippen molar-refractivity contribution in [2.24, 2.45) is 0 Å². The molecular weight excluding hydrogens is 437 g/mol. The highest BCUT2D eigenvalue weighted by Crippen LogP contribution is 2.32. The highest BCUT2D eigenvalue weighted by Gasteiger charge is 2.16. The fourth-order valence-electron chi connectivity index (χ4n) is 2.85. The first-order chi connectivity index (χ1) is 13.9. The van der Waals surface area contributed by atoms with E-state index in [0.29, 0.717) is 38.6 Å². The van der Waals surface area contributed by atoms with Crippen LogP contribution in [-0.4, -0.2) is 37.6 Å². The molecule has 0 aromatic heterocycles. The quantitative estimate of drug-likeness (QED) is 0.532. The fraction of sp³-hybridized carbons (Fsp3) is 0.300. The van der Waals surface area contributed by atoms with E-state index in [2.05, 4.69) is 16.0 Å². The van der Waals surface area contributed by atoms with Gasteiger partial charge in [0, 0.05) is 24.4 Å². The van der Waals surface area contributed by atoms with E-state index in [9.17, 15) is 9.59 Å². The van der Waals surface area contributed by atoms with Crippen LogP contribution in [0.4, 0.5) is 11.4 Å². The molecule has 1 saturated heterocycles. The van der Waals surface area contributed by atoms with E-state index in [-0.39, 0.29) is 24.5 Å².